The van der Waals surface area contributed by atoms with Crippen molar-refractivity contribution in [1.29, 1.82) is 0 Å². The van der Waals surface area contributed by atoms with Gasteiger partial charge in [0.25, 0.3) is 0 Å². The van der Waals surface area contributed by atoms with Crippen LogP contribution in [0.2, 0.25) is 10.0 Å². The molecule has 3 rings (SSSR count). The van der Waals surface area contributed by atoms with Crippen LogP contribution in [0.1, 0.15) is 17.8 Å². The number of aryl methyl sites for hydroxylation is 2. The molecule has 0 bridgehead atoms. The lowest BCUT2D eigenvalue weighted by molar-refractivity contribution is -0.115. The first-order valence-corrected chi connectivity index (χ1v) is 10.7. The molecule has 2 aromatic heterocycles. The predicted molar refractivity (Wildman–Crippen MR) is 113 cm³/mol. The first-order chi connectivity index (χ1) is 12.9. The Morgan fingerprint density at radius 3 is 2.59 bits per heavy atom. The summed E-state index contributed by atoms with van der Waals surface area (Å²) in [5.74, 6) is 0.491. The molecule has 1 aromatic carbocycles. The number of amides is 1. The fourth-order valence-corrected chi connectivity index (χ4v) is 4.45. The second-order valence-corrected chi connectivity index (χ2v) is 8.51. The third kappa shape index (κ3) is 5.65. The Kier molecular flexibility index (Phi) is 6.70. The second kappa shape index (κ2) is 9.01. The normalized spacial score (nSPS) is 10.8. The molecule has 1 N–H and O–H groups in total. The molecule has 0 saturated carbocycles. The Bertz CT molecular complexity index is 957. The summed E-state index contributed by atoms with van der Waals surface area (Å²) in [5.41, 5.74) is 3.33. The molecule has 0 fully saturated rings. The summed E-state index contributed by atoms with van der Waals surface area (Å²) in [5, 5.41) is 6.98. The number of thiazole rings is 1. The highest BCUT2D eigenvalue weighted by molar-refractivity contribution is 7.99. The smallest absolute Gasteiger partial charge is 0.226 e. The molecule has 0 spiro atoms. The number of carbonyl (C=O) groups is 1. The van der Waals surface area contributed by atoms with E-state index >= 15 is 0 Å². The van der Waals surface area contributed by atoms with Gasteiger partial charge < -0.3 is 5.32 Å². The van der Waals surface area contributed by atoms with Gasteiger partial charge in [0.05, 0.1) is 10.7 Å². The number of halogens is 2. The number of benzene rings is 1. The van der Waals surface area contributed by atoms with Crippen LogP contribution >= 0.6 is 46.3 Å². The van der Waals surface area contributed by atoms with Gasteiger partial charge in [0.2, 0.25) is 5.91 Å². The van der Waals surface area contributed by atoms with E-state index in [-0.39, 0.29) is 5.91 Å². The van der Waals surface area contributed by atoms with Gasteiger partial charge in [0.15, 0.2) is 10.3 Å². The number of hydrogen-bond donors (Lipinski definition) is 1. The van der Waals surface area contributed by atoms with Crippen molar-refractivity contribution in [3.63, 3.8) is 0 Å². The zero-order chi connectivity index (χ0) is 19.4. The number of nitrogens with zero attached hydrogens (tertiary/aromatic N) is 3. The minimum atomic E-state index is -0.102. The number of thioether (sulfide) groups is 1. The monoisotopic (exact) mass is 438 g/mol. The number of carbonyl (C=O) groups excluding carboxylic acids is 1. The van der Waals surface area contributed by atoms with Crippen LogP contribution in [0.15, 0.2) is 34.8 Å². The molecular weight excluding hydrogens is 423 g/mol. The average Bonchev–Trinajstić information content (AvgIpc) is 3.02. The third-order valence-electron chi connectivity index (χ3n) is 3.48. The fraction of sp³-hybridized carbons (Fsp3) is 0.222. The molecule has 0 saturated heterocycles. The van der Waals surface area contributed by atoms with E-state index < -0.39 is 0 Å². The highest BCUT2D eigenvalue weighted by atomic mass is 35.5. The van der Waals surface area contributed by atoms with Crippen molar-refractivity contribution in [1.82, 2.24) is 15.0 Å². The van der Waals surface area contributed by atoms with Crippen molar-refractivity contribution >= 4 is 57.3 Å². The summed E-state index contributed by atoms with van der Waals surface area (Å²) < 4.78 is 0. The van der Waals surface area contributed by atoms with Crippen LogP contribution in [0.5, 0.6) is 0 Å². The van der Waals surface area contributed by atoms with Crippen molar-refractivity contribution in [3.05, 3.63) is 51.1 Å². The summed E-state index contributed by atoms with van der Waals surface area (Å²) in [6, 6.07) is 7.16. The second-order valence-electron chi connectivity index (χ2n) is 5.74. The first kappa shape index (κ1) is 20.1. The van der Waals surface area contributed by atoms with Crippen LogP contribution in [-0.2, 0) is 4.79 Å². The van der Waals surface area contributed by atoms with Gasteiger partial charge in [-0.2, -0.15) is 0 Å². The van der Waals surface area contributed by atoms with E-state index in [1.807, 2.05) is 31.4 Å². The van der Waals surface area contributed by atoms with Crippen molar-refractivity contribution in [2.75, 3.05) is 11.1 Å². The number of aromatic nitrogens is 3. The van der Waals surface area contributed by atoms with Crippen molar-refractivity contribution in [3.8, 4) is 11.3 Å². The van der Waals surface area contributed by atoms with Crippen LogP contribution in [-0.4, -0.2) is 26.6 Å². The molecule has 2 heterocycles. The lowest BCUT2D eigenvalue weighted by Crippen LogP contribution is -2.12. The maximum atomic E-state index is 12.2. The number of anilines is 1. The van der Waals surface area contributed by atoms with E-state index in [0.29, 0.717) is 38.2 Å². The predicted octanol–water partition coefficient (Wildman–Crippen LogP) is 5.64. The number of nitrogens with one attached hydrogen (secondary N) is 1. The van der Waals surface area contributed by atoms with Gasteiger partial charge in [0.1, 0.15) is 0 Å². The molecule has 5 nitrogen and oxygen atoms in total. The summed E-state index contributed by atoms with van der Waals surface area (Å²) in [7, 11) is 0. The van der Waals surface area contributed by atoms with Crippen LogP contribution in [0.3, 0.4) is 0 Å². The van der Waals surface area contributed by atoms with Gasteiger partial charge in [-0.05, 0) is 38.1 Å². The maximum absolute atomic E-state index is 12.2. The van der Waals surface area contributed by atoms with Crippen molar-refractivity contribution in [2.45, 2.75) is 25.4 Å². The highest BCUT2D eigenvalue weighted by Gasteiger charge is 2.11. The molecule has 0 aliphatic carbocycles. The molecule has 140 valence electrons. The Morgan fingerprint density at radius 1 is 1.15 bits per heavy atom. The van der Waals surface area contributed by atoms with Crippen LogP contribution in [0.4, 0.5) is 5.13 Å². The Balaban J connectivity index is 1.55. The maximum Gasteiger partial charge on any atom is 0.226 e. The lowest BCUT2D eigenvalue weighted by atomic mass is 10.2. The Labute approximate surface area is 175 Å². The molecule has 1 amide bonds. The summed E-state index contributed by atoms with van der Waals surface area (Å²) >= 11 is 14.9. The Hall–Kier alpha value is -1.67. The minimum absolute atomic E-state index is 0.102. The summed E-state index contributed by atoms with van der Waals surface area (Å²) in [6.07, 6.45) is 0.345. The van der Waals surface area contributed by atoms with Crippen molar-refractivity contribution in [2.24, 2.45) is 0 Å². The van der Waals surface area contributed by atoms with E-state index in [1.165, 1.54) is 23.1 Å². The average molecular weight is 439 g/mol. The largest absolute Gasteiger partial charge is 0.302 e. The molecule has 0 aliphatic heterocycles. The molecule has 0 aliphatic rings. The molecule has 0 radical (unpaired) electrons. The quantitative estimate of drug-likeness (QED) is 0.397. The van der Waals surface area contributed by atoms with Gasteiger partial charge in [-0.1, -0.05) is 35.0 Å². The van der Waals surface area contributed by atoms with E-state index in [1.54, 1.807) is 12.1 Å². The van der Waals surface area contributed by atoms with Crippen LogP contribution in [0.25, 0.3) is 11.3 Å². The molecule has 0 unspecified atom stereocenters. The van der Waals surface area contributed by atoms with Crippen LogP contribution in [0, 0.1) is 13.8 Å². The first-order valence-electron chi connectivity index (χ1n) is 8.06. The SMILES string of the molecule is Cc1cc(C)nc(SCCC(=O)Nc2nc(-c3ccc(Cl)cc3Cl)cs2)n1. The molecule has 27 heavy (non-hydrogen) atoms. The fourth-order valence-electron chi connectivity index (χ4n) is 2.33. The van der Waals surface area contributed by atoms with Gasteiger partial charge >= 0.3 is 0 Å². The van der Waals surface area contributed by atoms with Gasteiger partial charge in [-0.25, -0.2) is 15.0 Å². The van der Waals surface area contributed by atoms with Crippen molar-refractivity contribution < 1.29 is 4.79 Å². The van der Waals surface area contributed by atoms with Gasteiger partial charge in [-0.3, -0.25) is 4.79 Å². The van der Waals surface area contributed by atoms with E-state index in [9.17, 15) is 4.79 Å². The zero-order valence-electron chi connectivity index (χ0n) is 14.6. The van der Waals surface area contributed by atoms with Gasteiger partial charge in [-0.15, -0.1) is 11.3 Å². The zero-order valence-corrected chi connectivity index (χ0v) is 17.8. The Morgan fingerprint density at radius 2 is 1.89 bits per heavy atom. The highest BCUT2D eigenvalue weighted by Crippen LogP contribution is 2.32. The van der Waals surface area contributed by atoms with Crippen LogP contribution < -0.4 is 5.32 Å². The molecule has 9 heteroatoms. The number of hydrogen-bond acceptors (Lipinski definition) is 6. The topological polar surface area (TPSA) is 67.8 Å². The minimum Gasteiger partial charge on any atom is -0.302 e. The molecule has 3 aromatic rings. The van der Waals surface area contributed by atoms with E-state index in [0.717, 1.165) is 17.0 Å². The van der Waals surface area contributed by atoms with Gasteiger partial charge in [0, 0.05) is 39.5 Å². The van der Waals surface area contributed by atoms with E-state index in [2.05, 4.69) is 20.3 Å². The summed E-state index contributed by atoms with van der Waals surface area (Å²) in [6.45, 7) is 3.86. The summed E-state index contributed by atoms with van der Waals surface area (Å²) in [4.78, 5) is 25.3. The molecule has 0 atom stereocenters. The standard InChI is InChI=1S/C18H16Cl2N4OS2/c1-10-7-11(2)22-17(21-10)26-6-5-16(25)24-18-23-15(9-27-18)13-4-3-12(19)8-14(13)20/h3-4,7-9H,5-6H2,1-2H3,(H,23,24,25). The lowest BCUT2D eigenvalue weighted by Gasteiger charge is -2.03. The number of rotatable bonds is 6. The molecular formula is C18H16Cl2N4OS2. The third-order valence-corrected chi connectivity index (χ3v) is 5.63. The van der Waals surface area contributed by atoms with E-state index in [4.69, 9.17) is 23.2 Å².